The van der Waals surface area contributed by atoms with Gasteiger partial charge in [-0.3, -0.25) is 19.3 Å². The standard InChI is InChI=1S/C22H28N2O6S2/c1-5-23(6-2)19(25)14-30-16-9-8-15(12-17(16)29-7-3)13-18-21(27)24(22(31)32-18)11-10-20(26)28-4/h8-9,12-13H,5-7,10-11,14H2,1-4H3/b18-13+. The molecule has 10 heteroatoms. The second-order valence-corrected chi connectivity index (χ2v) is 8.33. The second-order valence-electron chi connectivity index (χ2n) is 6.65. The topological polar surface area (TPSA) is 85.4 Å². The van der Waals surface area contributed by atoms with Crippen molar-refractivity contribution >= 4 is 52.2 Å². The van der Waals surface area contributed by atoms with E-state index in [2.05, 4.69) is 4.74 Å². The maximum Gasteiger partial charge on any atom is 0.307 e. The molecule has 1 fully saturated rings. The number of thiocarbonyl (C=S) groups is 1. The molecule has 0 spiro atoms. The van der Waals surface area contributed by atoms with Crippen LogP contribution >= 0.6 is 24.0 Å². The van der Waals surface area contributed by atoms with Crippen molar-refractivity contribution in [2.24, 2.45) is 0 Å². The Morgan fingerprint density at radius 3 is 2.50 bits per heavy atom. The predicted molar refractivity (Wildman–Crippen MR) is 128 cm³/mol. The van der Waals surface area contributed by atoms with Crippen LogP contribution in [0.1, 0.15) is 32.8 Å². The molecular formula is C22H28N2O6S2. The van der Waals surface area contributed by atoms with Crippen molar-refractivity contribution in [2.45, 2.75) is 27.2 Å². The average Bonchev–Trinajstić information content (AvgIpc) is 3.04. The largest absolute Gasteiger partial charge is 0.490 e. The number of nitrogens with zero attached hydrogens (tertiary/aromatic N) is 2. The zero-order valence-electron chi connectivity index (χ0n) is 18.7. The van der Waals surface area contributed by atoms with Gasteiger partial charge in [-0.2, -0.15) is 0 Å². The number of likely N-dealkylation sites (N-methyl/N-ethyl adjacent to an activating group) is 1. The third-order valence-electron chi connectivity index (χ3n) is 4.67. The maximum absolute atomic E-state index is 12.7. The lowest BCUT2D eigenvalue weighted by molar-refractivity contribution is -0.141. The second kappa shape index (κ2) is 12.4. The van der Waals surface area contributed by atoms with Gasteiger partial charge in [-0.25, -0.2) is 0 Å². The van der Waals surface area contributed by atoms with Crippen LogP contribution < -0.4 is 9.47 Å². The molecule has 0 N–H and O–H groups in total. The summed E-state index contributed by atoms with van der Waals surface area (Å²) >= 11 is 6.46. The summed E-state index contributed by atoms with van der Waals surface area (Å²) in [7, 11) is 1.30. The highest BCUT2D eigenvalue weighted by Gasteiger charge is 2.32. The lowest BCUT2D eigenvalue weighted by Crippen LogP contribution is -2.34. The molecule has 2 amide bonds. The fraction of sp³-hybridized carbons (Fsp3) is 0.455. The van der Waals surface area contributed by atoms with Crippen LogP contribution in [0.4, 0.5) is 0 Å². The Morgan fingerprint density at radius 1 is 1.16 bits per heavy atom. The third-order valence-corrected chi connectivity index (χ3v) is 6.05. The van der Waals surface area contributed by atoms with Crippen LogP contribution in [0, 0.1) is 0 Å². The molecule has 1 saturated heterocycles. The summed E-state index contributed by atoms with van der Waals surface area (Å²) in [5.74, 6) is 0.175. The van der Waals surface area contributed by atoms with E-state index in [0.29, 0.717) is 40.4 Å². The minimum absolute atomic E-state index is 0.0724. The van der Waals surface area contributed by atoms with Crippen molar-refractivity contribution < 1.29 is 28.6 Å². The maximum atomic E-state index is 12.7. The minimum atomic E-state index is -0.403. The number of carbonyl (C=O) groups excluding carboxylic acids is 3. The Hall–Kier alpha value is -2.59. The van der Waals surface area contributed by atoms with E-state index in [1.807, 2.05) is 20.8 Å². The molecule has 0 unspecified atom stereocenters. The smallest absolute Gasteiger partial charge is 0.307 e. The van der Waals surface area contributed by atoms with Crippen molar-refractivity contribution in [3.05, 3.63) is 28.7 Å². The Morgan fingerprint density at radius 2 is 1.88 bits per heavy atom. The quantitative estimate of drug-likeness (QED) is 0.271. The molecule has 0 radical (unpaired) electrons. The van der Waals surface area contributed by atoms with Gasteiger partial charge in [-0.1, -0.05) is 30.0 Å². The number of rotatable bonds is 11. The van der Waals surface area contributed by atoms with Crippen molar-refractivity contribution in [1.82, 2.24) is 9.80 Å². The summed E-state index contributed by atoms with van der Waals surface area (Å²) in [6, 6.07) is 5.24. The van der Waals surface area contributed by atoms with Crippen LogP contribution in [0.5, 0.6) is 11.5 Å². The van der Waals surface area contributed by atoms with Gasteiger partial charge in [0.1, 0.15) is 4.32 Å². The predicted octanol–water partition coefficient (Wildman–Crippen LogP) is 3.10. The summed E-state index contributed by atoms with van der Waals surface area (Å²) in [5, 5.41) is 0. The highest BCUT2D eigenvalue weighted by atomic mass is 32.2. The van der Waals surface area contributed by atoms with E-state index < -0.39 is 5.97 Å². The first-order valence-electron chi connectivity index (χ1n) is 10.3. The number of esters is 1. The highest BCUT2D eigenvalue weighted by Crippen LogP contribution is 2.35. The number of benzene rings is 1. The number of hydrogen-bond acceptors (Lipinski definition) is 8. The van der Waals surface area contributed by atoms with Gasteiger partial charge in [0.2, 0.25) is 0 Å². The summed E-state index contributed by atoms with van der Waals surface area (Å²) in [4.78, 5) is 39.8. The minimum Gasteiger partial charge on any atom is -0.490 e. The van der Waals surface area contributed by atoms with Crippen LogP contribution in [-0.4, -0.2) is 71.9 Å². The molecule has 1 aromatic rings. The summed E-state index contributed by atoms with van der Waals surface area (Å²) in [5.41, 5.74) is 0.726. The normalized spacial score (nSPS) is 14.6. The SMILES string of the molecule is CCOc1cc(/C=C2/SC(=S)N(CCC(=O)OC)C2=O)ccc1OCC(=O)N(CC)CC. The van der Waals surface area contributed by atoms with E-state index >= 15 is 0 Å². The van der Waals surface area contributed by atoms with Crippen LogP contribution in [0.3, 0.4) is 0 Å². The Kier molecular flexibility index (Phi) is 9.98. The van der Waals surface area contributed by atoms with Gasteiger partial charge >= 0.3 is 5.97 Å². The zero-order chi connectivity index (χ0) is 23.7. The molecule has 0 bridgehead atoms. The van der Waals surface area contributed by atoms with Gasteiger partial charge in [0.25, 0.3) is 11.8 Å². The molecule has 1 aliphatic heterocycles. The molecule has 0 saturated carbocycles. The summed E-state index contributed by atoms with van der Waals surface area (Å²) in [6.45, 7) is 7.43. The Balaban J connectivity index is 2.15. The van der Waals surface area contributed by atoms with Crippen LogP contribution in [-0.2, 0) is 19.1 Å². The first kappa shape index (κ1) is 25.7. The van der Waals surface area contributed by atoms with Crippen LogP contribution in [0.25, 0.3) is 6.08 Å². The van der Waals surface area contributed by atoms with E-state index in [-0.39, 0.29) is 31.4 Å². The van der Waals surface area contributed by atoms with Crippen LogP contribution in [0.15, 0.2) is 23.1 Å². The van der Waals surface area contributed by atoms with Gasteiger partial charge in [-0.05, 0) is 44.5 Å². The molecule has 1 aliphatic rings. The number of methoxy groups -OCH3 is 1. The van der Waals surface area contributed by atoms with Gasteiger partial charge in [0, 0.05) is 19.6 Å². The summed E-state index contributed by atoms with van der Waals surface area (Å²) in [6.07, 6.45) is 1.79. The first-order chi connectivity index (χ1) is 15.3. The molecule has 1 heterocycles. The molecule has 0 aliphatic carbocycles. The monoisotopic (exact) mass is 480 g/mol. The Bertz CT molecular complexity index is 898. The van der Waals surface area contributed by atoms with E-state index in [1.54, 1.807) is 29.2 Å². The van der Waals surface area contributed by atoms with E-state index in [9.17, 15) is 14.4 Å². The van der Waals surface area contributed by atoms with E-state index in [4.69, 9.17) is 21.7 Å². The van der Waals surface area contributed by atoms with Crippen molar-refractivity contribution in [1.29, 1.82) is 0 Å². The number of hydrogen-bond donors (Lipinski definition) is 0. The average molecular weight is 481 g/mol. The molecular weight excluding hydrogens is 452 g/mol. The van der Waals surface area contributed by atoms with Gasteiger partial charge in [0.05, 0.1) is 25.0 Å². The van der Waals surface area contributed by atoms with Crippen molar-refractivity contribution in [2.75, 3.05) is 40.0 Å². The van der Waals surface area contributed by atoms with Crippen molar-refractivity contribution in [3.63, 3.8) is 0 Å². The van der Waals surface area contributed by atoms with E-state index in [1.165, 1.54) is 23.8 Å². The number of amides is 2. The number of ether oxygens (including phenoxy) is 3. The molecule has 2 rings (SSSR count). The summed E-state index contributed by atoms with van der Waals surface area (Å²) < 4.78 is 16.4. The highest BCUT2D eigenvalue weighted by molar-refractivity contribution is 8.26. The lowest BCUT2D eigenvalue weighted by Gasteiger charge is -2.19. The number of thioether (sulfide) groups is 1. The Labute approximate surface area is 197 Å². The van der Waals surface area contributed by atoms with Crippen molar-refractivity contribution in [3.8, 4) is 11.5 Å². The molecule has 1 aromatic carbocycles. The van der Waals surface area contributed by atoms with Crippen LogP contribution in [0.2, 0.25) is 0 Å². The number of carbonyl (C=O) groups is 3. The van der Waals surface area contributed by atoms with Gasteiger partial charge < -0.3 is 19.1 Å². The molecule has 32 heavy (non-hydrogen) atoms. The fourth-order valence-corrected chi connectivity index (χ4v) is 4.27. The van der Waals surface area contributed by atoms with Gasteiger partial charge in [0.15, 0.2) is 18.1 Å². The fourth-order valence-electron chi connectivity index (χ4n) is 2.96. The molecule has 0 aromatic heterocycles. The third kappa shape index (κ3) is 6.70. The lowest BCUT2D eigenvalue weighted by atomic mass is 10.2. The molecule has 0 atom stereocenters. The zero-order valence-corrected chi connectivity index (χ0v) is 20.3. The first-order valence-corrected chi connectivity index (χ1v) is 11.6. The molecule has 174 valence electrons. The van der Waals surface area contributed by atoms with E-state index in [0.717, 1.165) is 5.56 Å². The van der Waals surface area contributed by atoms with Gasteiger partial charge in [-0.15, -0.1) is 0 Å². The molecule has 8 nitrogen and oxygen atoms in total.